The first-order valence-corrected chi connectivity index (χ1v) is 23.1. The Morgan fingerprint density at radius 3 is 1.77 bits per heavy atom. The van der Waals surface area contributed by atoms with E-state index in [2.05, 4.69) is 35.8 Å². The highest BCUT2D eigenvalue weighted by molar-refractivity contribution is 7.86. The quantitative estimate of drug-likeness (QED) is 0.0190. The van der Waals surface area contributed by atoms with Gasteiger partial charge < -0.3 is 35.0 Å². The van der Waals surface area contributed by atoms with Gasteiger partial charge in [0.15, 0.2) is 11.4 Å². The van der Waals surface area contributed by atoms with Crippen molar-refractivity contribution in [1.29, 1.82) is 0 Å². The van der Waals surface area contributed by atoms with Gasteiger partial charge in [0.1, 0.15) is 62.1 Å². The van der Waals surface area contributed by atoms with Gasteiger partial charge in [-0.2, -0.15) is 48.2 Å². The first-order chi connectivity index (χ1) is 33.2. The fraction of sp³-hybridized carbons (Fsp3) is 0.135. The van der Waals surface area contributed by atoms with E-state index in [0.29, 0.717) is 24.3 Å². The molecule has 374 valence electrons. The summed E-state index contributed by atoms with van der Waals surface area (Å²) in [6.07, 6.45) is -4.98. The number of nitro groups is 1. The van der Waals surface area contributed by atoms with Gasteiger partial charge in [0.25, 0.3) is 36.0 Å². The number of hydrogen-bond donors (Lipinski definition) is 8. The summed E-state index contributed by atoms with van der Waals surface area (Å²) < 4.78 is 158. The molecule has 0 saturated heterocycles. The average molecular weight is 1060 g/mol. The van der Waals surface area contributed by atoms with Crippen molar-refractivity contribution in [3.8, 4) is 28.8 Å². The standard InChI is InChI=1S/C37H28F3N9O19S3/c38-37(39,40)20-3-1-2-4-21(20)41-46-31-32(36(54)55)47-48(35(31)53)25-8-6-18-19(34(25)71(64,65)66)14-29(70(61,62)63)30(33(18)52)45-44-24-16-26(67-11-9-50)23(15-27(24)68-12-10-51)43-42-22-7-5-17(49(56)57)13-28(22)69(58,59)60/h1-8,13-16,50-53H,9-12H2,(H,54,55)(H,58,59,60)(H,61,62,63)(H,64,65,66). The van der Waals surface area contributed by atoms with Gasteiger partial charge in [-0.1, -0.05) is 12.1 Å². The molecule has 28 nitrogen and oxygen atoms in total. The number of azo groups is 3. The van der Waals surface area contributed by atoms with Crippen LogP contribution in [0.15, 0.2) is 118 Å². The van der Waals surface area contributed by atoms with Crippen LogP contribution in [0.5, 0.6) is 23.1 Å². The van der Waals surface area contributed by atoms with Crippen LogP contribution in [0.2, 0.25) is 0 Å². The van der Waals surface area contributed by atoms with Crippen LogP contribution in [0, 0.1) is 10.1 Å². The number of ether oxygens (including phenoxy) is 2. The molecular formula is C37H28F3N9O19S3. The summed E-state index contributed by atoms with van der Waals surface area (Å²) in [6.45, 7) is -2.31. The number of fused-ring (bicyclic) bond motifs is 1. The first kappa shape index (κ1) is 52.3. The zero-order valence-corrected chi connectivity index (χ0v) is 37.2. The molecule has 8 N–H and O–H groups in total. The van der Waals surface area contributed by atoms with Crippen molar-refractivity contribution in [3.05, 3.63) is 94.2 Å². The van der Waals surface area contributed by atoms with E-state index in [1.165, 1.54) is 0 Å². The van der Waals surface area contributed by atoms with Crippen LogP contribution in [0.25, 0.3) is 16.5 Å². The molecule has 0 fully saturated rings. The van der Waals surface area contributed by atoms with Gasteiger partial charge in [-0.3, -0.25) is 23.8 Å². The Morgan fingerprint density at radius 1 is 0.690 bits per heavy atom. The van der Waals surface area contributed by atoms with Gasteiger partial charge in [0.2, 0.25) is 11.6 Å². The highest BCUT2D eigenvalue weighted by atomic mass is 32.2. The summed E-state index contributed by atoms with van der Waals surface area (Å²) in [4.78, 5) is 18.5. The lowest BCUT2D eigenvalue weighted by Gasteiger charge is -2.15. The Morgan fingerprint density at radius 2 is 1.24 bits per heavy atom. The Bertz CT molecular complexity index is 3590. The van der Waals surface area contributed by atoms with Gasteiger partial charge in [-0.05, 0) is 36.4 Å². The van der Waals surface area contributed by atoms with Crippen LogP contribution in [-0.2, 0) is 36.5 Å². The van der Waals surface area contributed by atoms with Crippen LogP contribution in [0.1, 0.15) is 16.1 Å². The SMILES string of the molecule is O=C(O)c1nn(-c2ccc3c(O)c(N=Nc4cc(OCCO)c(N=Nc5ccc([N+](=O)[O-])cc5S(=O)(=O)O)cc4OCCO)c(S(=O)(=O)O)cc3c2S(=O)(=O)O)c(O)c1N=Nc1ccccc1C(F)(F)F. The fourth-order valence-electron chi connectivity index (χ4n) is 6.18. The predicted molar refractivity (Wildman–Crippen MR) is 229 cm³/mol. The van der Waals surface area contributed by atoms with E-state index in [9.17, 15) is 92.5 Å². The first-order valence-electron chi connectivity index (χ1n) is 18.8. The second kappa shape index (κ2) is 20.1. The summed E-state index contributed by atoms with van der Waals surface area (Å²) in [6, 6.07) is 9.39. The number of aromatic nitrogens is 2. The molecule has 0 amide bonds. The Balaban J connectivity index is 1.53. The monoisotopic (exact) mass is 1060 g/mol. The van der Waals surface area contributed by atoms with Gasteiger partial charge in [-0.25, -0.2) is 4.79 Å². The van der Waals surface area contributed by atoms with Crippen molar-refractivity contribution in [3.63, 3.8) is 0 Å². The second-order valence-electron chi connectivity index (χ2n) is 13.7. The lowest BCUT2D eigenvalue weighted by Crippen LogP contribution is -2.09. The van der Waals surface area contributed by atoms with Crippen molar-refractivity contribution < 1.29 is 96.8 Å². The molecule has 1 heterocycles. The number of aliphatic hydroxyl groups is 2. The van der Waals surface area contributed by atoms with Crippen LogP contribution in [0.3, 0.4) is 0 Å². The number of carboxylic acids is 1. The number of aliphatic hydroxyl groups excluding tert-OH is 2. The minimum absolute atomic E-state index is 0.112. The maximum absolute atomic E-state index is 13.6. The average Bonchev–Trinajstić information content (AvgIpc) is 3.62. The third-order valence-electron chi connectivity index (χ3n) is 9.13. The number of carbonyl (C=O) groups is 1. The largest absolute Gasteiger partial charge is 0.505 e. The highest BCUT2D eigenvalue weighted by Crippen LogP contribution is 2.48. The van der Waals surface area contributed by atoms with E-state index >= 15 is 0 Å². The molecule has 1 aromatic heterocycles. The lowest BCUT2D eigenvalue weighted by molar-refractivity contribution is -0.385. The van der Waals surface area contributed by atoms with Crippen LogP contribution in [-0.4, -0.2) is 112 Å². The number of rotatable bonds is 18. The summed E-state index contributed by atoms with van der Waals surface area (Å²) in [5.41, 5.74) is -9.01. The number of hydrogen-bond acceptors (Lipinski definition) is 22. The Kier molecular flexibility index (Phi) is 14.8. The number of carboxylic acid groups (broad SMARTS) is 1. The van der Waals surface area contributed by atoms with E-state index < -0.39 is 174 Å². The molecule has 0 saturated carbocycles. The molecule has 6 rings (SSSR count). The number of non-ortho nitro benzene ring substituents is 1. The van der Waals surface area contributed by atoms with Gasteiger partial charge >= 0.3 is 12.1 Å². The number of aromatic hydroxyl groups is 2. The van der Waals surface area contributed by atoms with Crippen LogP contribution < -0.4 is 9.47 Å². The third kappa shape index (κ3) is 11.3. The molecular weight excluding hydrogens is 1030 g/mol. The predicted octanol–water partition coefficient (Wildman–Crippen LogP) is 6.79. The molecule has 0 aliphatic rings. The number of nitrogens with zero attached hydrogens (tertiary/aromatic N) is 9. The molecule has 0 atom stereocenters. The van der Waals surface area contributed by atoms with Crippen molar-refractivity contribution in [2.45, 2.75) is 20.9 Å². The number of phenols is 1. The topological polar surface area (TPSA) is 435 Å². The molecule has 0 aliphatic carbocycles. The molecule has 0 spiro atoms. The number of benzene rings is 5. The van der Waals surface area contributed by atoms with Crippen molar-refractivity contribution in [2.24, 2.45) is 30.7 Å². The molecule has 5 aromatic carbocycles. The number of aromatic carboxylic acids is 1. The number of alkyl halides is 3. The van der Waals surface area contributed by atoms with Gasteiger partial charge in [0.05, 0.1) is 35.1 Å². The second-order valence-corrected chi connectivity index (χ2v) is 17.8. The molecule has 0 bridgehead atoms. The van der Waals surface area contributed by atoms with Crippen LogP contribution >= 0.6 is 0 Å². The number of phenolic OH excluding ortho intramolecular Hbond substituents is 1. The van der Waals surface area contributed by atoms with Crippen LogP contribution in [0.4, 0.5) is 53.0 Å². The number of halogens is 3. The fourth-order valence-corrected chi connectivity index (χ4v) is 8.33. The molecule has 6 aromatic rings. The minimum atomic E-state index is -5.74. The van der Waals surface area contributed by atoms with Crippen molar-refractivity contribution in [1.82, 2.24) is 9.78 Å². The van der Waals surface area contributed by atoms with E-state index in [4.69, 9.17) is 9.47 Å². The number of nitro benzene ring substituents is 1. The normalized spacial score (nSPS) is 12.7. The van der Waals surface area contributed by atoms with Gasteiger partial charge in [0, 0.05) is 35.0 Å². The zero-order valence-electron chi connectivity index (χ0n) is 34.7. The summed E-state index contributed by atoms with van der Waals surface area (Å²) in [5, 5.41) is 86.4. The van der Waals surface area contributed by atoms with Crippen molar-refractivity contribution in [2.75, 3.05) is 26.4 Å². The maximum atomic E-state index is 13.6. The summed E-state index contributed by atoms with van der Waals surface area (Å²) >= 11 is 0. The highest BCUT2D eigenvalue weighted by Gasteiger charge is 2.35. The molecule has 71 heavy (non-hydrogen) atoms. The molecule has 0 unspecified atom stereocenters. The summed E-state index contributed by atoms with van der Waals surface area (Å²) in [5.74, 6) is -5.54. The molecule has 0 radical (unpaired) electrons. The Hall–Kier alpha value is -8.12. The van der Waals surface area contributed by atoms with Crippen molar-refractivity contribution >= 4 is 86.9 Å². The smallest absolute Gasteiger partial charge is 0.418 e. The van der Waals surface area contributed by atoms with E-state index in [-0.39, 0.29) is 10.4 Å². The van der Waals surface area contributed by atoms with E-state index in [0.717, 1.165) is 48.5 Å². The van der Waals surface area contributed by atoms with E-state index in [1.807, 2.05) is 0 Å². The third-order valence-corrected chi connectivity index (χ3v) is 11.8. The maximum Gasteiger partial charge on any atom is 0.418 e. The summed E-state index contributed by atoms with van der Waals surface area (Å²) in [7, 11) is -16.5. The van der Waals surface area contributed by atoms with E-state index in [1.54, 1.807) is 0 Å². The van der Waals surface area contributed by atoms with Gasteiger partial charge in [-0.15, -0.1) is 30.7 Å². The minimum Gasteiger partial charge on any atom is -0.505 e. The molecule has 34 heteroatoms. The lowest BCUT2D eigenvalue weighted by atomic mass is 10.1. The molecule has 0 aliphatic heterocycles. The zero-order chi connectivity index (χ0) is 52.4. The Labute approximate surface area is 393 Å².